The molecule has 8 heteroatoms. The van der Waals surface area contributed by atoms with Crippen LogP contribution in [-0.2, 0) is 6.61 Å². The maximum atomic E-state index is 13.3. The summed E-state index contributed by atoms with van der Waals surface area (Å²) in [6, 6.07) is 9.91. The van der Waals surface area contributed by atoms with Gasteiger partial charge in [0.25, 0.3) is 0 Å². The van der Waals surface area contributed by atoms with E-state index >= 15 is 0 Å². The second kappa shape index (κ2) is 10.8. The molecule has 0 unspecified atom stereocenters. The first kappa shape index (κ1) is 21.1. The minimum atomic E-state index is -0.295. The number of hydrogen-bond acceptors (Lipinski definition) is 4. The van der Waals surface area contributed by atoms with E-state index in [4.69, 9.17) is 21.7 Å². The molecule has 2 aromatic rings. The quantitative estimate of drug-likeness (QED) is 0.352. The predicted octanol–water partition coefficient (Wildman–Crippen LogP) is 4.38. The van der Waals surface area contributed by atoms with Crippen molar-refractivity contribution in [2.75, 3.05) is 13.2 Å². The van der Waals surface area contributed by atoms with Gasteiger partial charge in [-0.2, -0.15) is 5.10 Å². The van der Waals surface area contributed by atoms with Crippen molar-refractivity contribution in [1.82, 2.24) is 10.7 Å². The lowest BCUT2D eigenvalue weighted by molar-refractivity contribution is 0.269. The highest BCUT2D eigenvalue weighted by atomic mass is 79.9. The van der Waals surface area contributed by atoms with E-state index in [1.165, 1.54) is 12.1 Å². The fraction of sp³-hybridized carbons (Fsp3) is 0.263. The van der Waals surface area contributed by atoms with Gasteiger partial charge >= 0.3 is 0 Å². The molecule has 0 atom stereocenters. The molecule has 0 heterocycles. The van der Waals surface area contributed by atoms with Crippen LogP contribution in [0, 0.1) is 5.82 Å². The molecule has 0 fully saturated rings. The molecule has 0 aromatic heterocycles. The molecule has 5 nitrogen and oxygen atoms in total. The predicted molar refractivity (Wildman–Crippen MR) is 113 cm³/mol. The summed E-state index contributed by atoms with van der Waals surface area (Å²) >= 11 is 8.57. The maximum absolute atomic E-state index is 13.3. The maximum Gasteiger partial charge on any atom is 0.186 e. The van der Waals surface area contributed by atoms with Crippen LogP contribution < -0.4 is 20.2 Å². The third-order valence-electron chi connectivity index (χ3n) is 3.35. The molecule has 2 aromatic carbocycles. The molecule has 0 saturated heterocycles. The number of rotatable bonds is 8. The van der Waals surface area contributed by atoms with Crippen LogP contribution >= 0.6 is 28.1 Å². The molecule has 27 heavy (non-hydrogen) atoms. The molecule has 0 saturated carbocycles. The third-order valence-corrected chi connectivity index (χ3v) is 4.28. The van der Waals surface area contributed by atoms with Crippen molar-refractivity contribution >= 4 is 39.5 Å². The SMILES string of the molecule is CCNC(=S)NN=Cc1cc(OCC)c(OCc2cccc(F)c2)cc1Br. The number of nitrogens with one attached hydrogen (secondary N) is 2. The van der Waals surface area contributed by atoms with Crippen molar-refractivity contribution in [3.8, 4) is 11.5 Å². The Morgan fingerprint density at radius 3 is 2.70 bits per heavy atom. The first-order valence-electron chi connectivity index (χ1n) is 8.44. The van der Waals surface area contributed by atoms with Crippen LogP contribution in [-0.4, -0.2) is 24.5 Å². The van der Waals surface area contributed by atoms with Gasteiger partial charge in [-0.3, -0.25) is 5.43 Å². The Morgan fingerprint density at radius 2 is 2.00 bits per heavy atom. The van der Waals surface area contributed by atoms with Crippen molar-refractivity contribution < 1.29 is 13.9 Å². The summed E-state index contributed by atoms with van der Waals surface area (Å²) in [5.41, 5.74) is 4.27. The highest BCUT2D eigenvalue weighted by Gasteiger charge is 2.11. The van der Waals surface area contributed by atoms with Gasteiger partial charge in [0, 0.05) is 16.6 Å². The molecule has 0 bridgehead atoms. The molecule has 0 aliphatic carbocycles. The number of hydrogen-bond donors (Lipinski definition) is 2. The summed E-state index contributed by atoms with van der Waals surface area (Å²) < 4.78 is 25.6. The topological polar surface area (TPSA) is 54.9 Å². The summed E-state index contributed by atoms with van der Waals surface area (Å²) in [6.45, 7) is 5.28. The fourth-order valence-corrected chi connectivity index (χ4v) is 2.80. The van der Waals surface area contributed by atoms with Crippen molar-refractivity contribution in [2.45, 2.75) is 20.5 Å². The van der Waals surface area contributed by atoms with Gasteiger partial charge in [0.05, 0.1) is 12.8 Å². The van der Waals surface area contributed by atoms with Gasteiger partial charge in [0.1, 0.15) is 12.4 Å². The van der Waals surface area contributed by atoms with Gasteiger partial charge in [0.15, 0.2) is 16.6 Å². The Bertz CT molecular complexity index is 818. The molecule has 0 spiro atoms. The van der Waals surface area contributed by atoms with Crippen LogP contribution in [0.4, 0.5) is 4.39 Å². The Labute approximate surface area is 172 Å². The zero-order valence-corrected chi connectivity index (χ0v) is 17.5. The lowest BCUT2D eigenvalue weighted by Crippen LogP contribution is -2.31. The fourth-order valence-electron chi connectivity index (χ4n) is 2.18. The van der Waals surface area contributed by atoms with Crippen molar-refractivity contribution in [2.24, 2.45) is 5.10 Å². The van der Waals surface area contributed by atoms with E-state index in [-0.39, 0.29) is 12.4 Å². The van der Waals surface area contributed by atoms with Crippen LogP contribution in [0.2, 0.25) is 0 Å². The number of benzene rings is 2. The van der Waals surface area contributed by atoms with Gasteiger partial charge in [0.2, 0.25) is 0 Å². The summed E-state index contributed by atoms with van der Waals surface area (Å²) in [5.74, 6) is 0.839. The molecule has 0 aliphatic heterocycles. The summed E-state index contributed by atoms with van der Waals surface area (Å²) in [6.07, 6.45) is 1.63. The average Bonchev–Trinajstić information content (AvgIpc) is 2.63. The van der Waals surface area contributed by atoms with Crippen LogP contribution in [0.25, 0.3) is 0 Å². The van der Waals surface area contributed by atoms with E-state index in [0.29, 0.717) is 23.2 Å². The lowest BCUT2D eigenvalue weighted by atomic mass is 10.2. The Balaban J connectivity index is 2.14. The Kier molecular flexibility index (Phi) is 8.47. The van der Waals surface area contributed by atoms with Gasteiger partial charge in [-0.15, -0.1) is 0 Å². The van der Waals surface area contributed by atoms with Gasteiger partial charge in [-0.1, -0.05) is 12.1 Å². The largest absolute Gasteiger partial charge is 0.490 e. The van der Waals surface area contributed by atoms with Crippen LogP contribution in [0.1, 0.15) is 25.0 Å². The number of halogens is 2. The van der Waals surface area contributed by atoms with E-state index in [0.717, 1.165) is 22.1 Å². The van der Waals surface area contributed by atoms with Crippen LogP contribution in [0.3, 0.4) is 0 Å². The smallest absolute Gasteiger partial charge is 0.186 e. The molecule has 0 aliphatic rings. The summed E-state index contributed by atoms with van der Waals surface area (Å²) in [4.78, 5) is 0. The second-order valence-corrected chi connectivity index (χ2v) is 6.66. The monoisotopic (exact) mass is 453 g/mol. The van der Waals surface area contributed by atoms with Gasteiger partial charge < -0.3 is 14.8 Å². The molecule has 2 rings (SSSR count). The highest BCUT2D eigenvalue weighted by Crippen LogP contribution is 2.33. The van der Waals surface area contributed by atoms with Gasteiger partial charge in [-0.25, -0.2) is 4.39 Å². The number of ether oxygens (including phenoxy) is 2. The molecule has 144 valence electrons. The van der Waals surface area contributed by atoms with Crippen molar-refractivity contribution in [1.29, 1.82) is 0 Å². The first-order chi connectivity index (χ1) is 13.0. The minimum Gasteiger partial charge on any atom is -0.490 e. The molecular weight excluding hydrogens is 433 g/mol. The lowest BCUT2D eigenvalue weighted by Gasteiger charge is -2.14. The zero-order chi connectivity index (χ0) is 19.6. The van der Waals surface area contributed by atoms with Gasteiger partial charge in [-0.05, 0) is 71.8 Å². The van der Waals surface area contributed by atoms with Crippen molar-refractivity contribution in [3.63, 3.8) is 0 Å². The molecule has 0 radical (unpaired) electrons. The minimum absolute atomic E-state index is 0.232. The standard InChI is InChI=1S/C19H21BrFN3O2S/c1-3-22-19(27)24-23-11-14-9-17(25-4-2)18(10-16(14)20)26-12-13-6-5-7-15(21)8-13/h5-11H,3-4,12H2,1-2H3,(H2,22,24,27). The zero-order valence-electron chi connectivity index (χ0n) is 15.1. The van der Waals surface area contributed by atoms with Crippen molar-refractivity contribution in [3.05, 3.63) is 57.8 Å². The molecule has 2 N–H and O–H groups in total. The van der Waals surface area contributed by atoms with Crippen LogP contribution in [0.5, 0.6) is 11.5 Å². The Hall–Kier alpha value is -2.19. The second-order valence-electron chi connectivity index (χ2n) is 5.40. The van der Waals surface area contributed by atoms with Crippen LogP contribution in [0.15, 0.2) is 46.0 Å². The summed E-state index contributed by atoms with van der Waals surface area (Å²) in [7, 11) is 0. The molecular formula is C19H21BrFN3O2S. The normalized spacial score (nSPS) is 10.7. The van der Waals surface area contributed by atoms with E-state index in [1.807, 2.05) is 19.9 Å². The summed E-state index contributed by atoms with van der Waals surface area (Å²) in [5, 5.41) is 7.50. The number of hydrazone groups is 1. The van der Waals surface area contributed by atoms with E-state index < -0.39 is 0 Å². The van der Waals surface area contributed by atoms with E-state index in [1.54, 1.807) is 24.4 Å². The van der Waals surface area contributed by atoms with E-state index in [9.17, 15) is 4.39 Å². The highest BCUT2D eigenvalue weighted by molar-refractivity contribution is 9.10. The first-order valence-corrected chi connectivity index (χ1v) is 9.64. The Morgan fingerprint density at radius 1 is 1.22 bits per heavy atom. The number of thiocarbonyl (C=S) groups is 1. The number of nitrogens with zero attached hydrogens (tertiary/aromatic N) is 1. The third kappa shape index (κ3) is 6.80. The average molecular weight is 454 g/mol. The van der Waals surface area contributed by atoms with E-state index in [2.05, 4.69) is 31.8 Å². The molecule has 0 amide bonds.